The minimum Gasteiger partial charge on any atom is -0.306 e. The van der Waals surface area contributed by atoms with Gasteiger partial charge in [0.2, 0.25) is 0 Å². The lowest BCUT2D eigenvalue weighted by Gasteiger charge is -2.10. The molecule has 0 atom stereocenters. The lowest BCUT2D eigenvalue weighted by molar-refractivity contribution is 0.102. The number of benzene rings is 1. The number of carbonyl (C=O) groups excluding carboxylic acids is 1. The second kappa shape index (κ2) is 6.62. The highest BCUT2D eigenvalue weighted by atomic mass is 19.1. The van der Waals surface area contributed by atoms with Crippen LogP contribution in [0, 0.1) is 19.7 Å². The first kappa shape index (κ1) is 15.9. The Labute approximate surface area is 139 Å². The lowest BCUT2D eigenvalue weighted by atomic mass is 10.2. The van der Waals surface area contributed by atoms with Crippen molar-refractivity contribution in [3.8, 4) is 0 Å². The summed E-state index contributed by atoms with van der Waals surface area (Å²) in [7, 11) is 0. The Hall–Kier alpha value is -3.02. The fourth-order valence-corrected chi connectivity index (χ4v) is 2.35. The molecule has 0 aliphatic carbocycles. The number of amides is 1. The van der Waals surface area contributed by atoms with Crippen LogP contribution in [-0.2, 0) is 6.54 Å². The first-order valence-corrected chi connectivity index (χ1v) is 7.54. The van der Waals surface area contributed by atoms with Gasteiger partial charge in [-0.3, -0.25) is 9.78 Å². The molecule has 0 radical (unpaired) electrons. The topological polar surface area (TPSA) is 59.8 Å². The van der Waals surface area contributed by atoms with Crippen LogP contribution in [0.5, 0.6) is 0 Å². The number of carbonyl (C=O) groups is 1. The van der Waals surface area contributed by atoms with Gasteiger partial charge in [-0.25, -0.2) is 9.07 Å². The summed E-state index contributed by atoms with van der Waals surface area (Å²) in [5.41, 5.74) is 2.92. The fourth-order valence-electron chi connectivity index (χ4n) is 2.35. The quantitative estimate of drug-likeness (QED) is 0.801. The van der Waals surface area contributed by atoms with Gasteiger partial charge in [0.05, 0.1) is 18.3 Å². The largest absolute Gasteiger partial charge is 0.306 e. The van der Waals surface area contributed by atoms with Crippen molar-refractivity contribution < 1.29 is 9.18 Å². The summed E-state index contributed by atoms with van der Waals surface area (Å²) in [6.45, 7) is 4.09. The third-order valence-electron chi connectivity index (χ3n) is 3.65. The number of aromatic nitrogens is 3. The molecule has 1 aromatic carbocycles. The smallest absolute Gasteiger partial charge is 0.258 e. The van der Waals surface area contributed by atoms with E-state index in [2.05, 4.69) is 15.4 Å². The minimum atomic E-state index is -0.298. The van der Waals surface area contributed by atoms with E-state index in [9.17, 15) is 9.18 Å². The number of anilines is 1. The molecule has 3 aromatic rings. The van der Waals surface area contributed by atoms with Crippen LogP contribution in [0.25, 0.3) is 0 Å². The van der Waals surface area contributed by atoms with Crippen LogP contribution in [0.4, 0.5) is 10.2 Å². The predicted octanol–water partition coefficient (Wildman–Crippen LogP) is 3.33. The van der Waals surface area contributed by atoms with Crippen LogP contribution in [0.15, 0.2) is 48.8 Å². The molecule has 0 unspecified atom stereocenters. The van der Waals surface area contributed by atoms with E-state index in [0.29, 0.717) is 17.9 Å². The number of hydrogen-bond donors (Lipinski definition) is 1. The number of aryl methyl sites for hydroxylation is 2. The minimum absolute atomic E-state index is 0.258. The lowest BCUT2D eigenvalue weighted by Crippen LogP contribution is -2.17. The van der Waals surface area contributed by atoms with Gasteiger partial charge in [0.1, 0.15) is 11.6 Å². The average molecular weight is 324 g/mol. The Morgan fingerprint density at radius 1 is 1.21 bits per heavy atom. The third kappa shape index (κ3) is 3.48. The van der Waals surface area contributed by atoms with Gasteiger partial charge in [-0.15, -0.1) is 0 Å². The summed E-state index contributed by atoms with van der Waals surface area (Å²) >= 11 is 0. The summed E-state index contributed by atoms with van der Waals surface area (Å²) in [6.07, 6.45) is 3.20. The number of rotatable bonds is 4. The molecule has 0 spiro atoms. The van der Waals surface area contributed by atoms with Gasteiger partial charge in [0.25, 0.3) is 5.91 Å². The van der Waals surface area contributed by atoms with Crippen LogP contribution in [0.1, 0.15) is 27.2 Å². The fraction of sp³-hybridized carbons (Fsp3) is 0.167. The van der Waals surface area contributed by atoms with Gasteiger partial charge in [0.15, 0.2) is 0 Å². The van der Waals surface area contributed by atoms with E-state index in [1.165, 1.54) is 18.3 Å². The molecule has 0 saturated heterocycles. The molecule has 6 heteroatoms. The van der Waals surface area contributed by atoms with Crippen LogP contribution < -0.4 is 5.32 Å². The SMILES string of the molecule is Cc1ccc(C(=O)Nc2c(C)cnn2Cc2cccc(F)c2)cn1. The molecule has 24 heavy (non-hydrogen) atoms. The summed E-state index contributed by atoms with van der Waals surface area (Å²) in [4.78, 5) is 16.5. The maximum Gasteiger partial charge on any atom is 0.258 e. The highest BCUT2D eigenvalue weighted by molar-refractivity contribution is 6.03. The van der Waals surface area contributed by atoms with Crippen molar-refractivity contribution in [2.75, 3.05) is 5.32 Å². The molecule has 0 saturated carbocycles. The Bertz CT molecular complexity index is 871. The number of halogens is 1. The van der Waals surface area contributed by atoms with Gasteiger partial charge < -0.3 is 5.32 Å². The van der Waals surface area contributed by atoms with Crippen molar-refractivity contribution in [2.45, 2.75) is 20.4 Å². The molecule has 5 nitrogen and oxygen atoms in total. The Balaban J connectivity index is 1.82. The van der Waals surface area contributed by atoms with E-state index in [1.807, 2.05) is 19.9 Å². The maximum absolute atomic E-state index is 13.3. The molecule has 3 rings (SSSR count). The van der Waals surface area contributed by atoms with Crippen molar-refractivity contribution in [3.63, 3.8) is 0 Å². The molecular formula is C18H17FN4O. The molecule has 0 aliphatic rings. The van der Waals surface area contributed by atoms with Crippen LogP contribution in [0.2, 0.25) is 0 Å². The zero-order chi connectivity index (χ0) is 17.1. The highest BCUT2D eigenvalue weighted by Gasteiger charge is 2.13. The van der Waals surface area contributed by atoms with Crippen LogP contribution in [0.3, 0.4) is 0 Å². The van der Waals surface area contributed by atoms with Crippen molar-refractivity contribution in [1.82, 2.24) is 14.8 Å². The van der Waals surface area contributed by atoms with E-state index in [-0.39, 0.29) is 11.7 Å². The van der Waals surface area contributed by atoms with Gasteiger partial charge >= 0.3 is 0 Å². The van der Waals surface area contributed by atoms with E-state index in [4.69, 9.17) is 0 Å². The Morgan fingerprint density at radius 3 is 2.75 bits per heavy atom. The first-order chi connectivity index (χ1) is 11.5. The maximum atomic E-state index is 13.3. The normalized spacial score (nSPS) is 10.6. The zero-order valence-corrected chi connectivity index (χ0v) is 13.5. The summed E-state index contributed by atoms with van der Waals surface area (Å²) in [5.74, 6) is 0.0316. The van der Waals surface area contributed by atoms with Crippen molar-refractivity contribution in [3.05, 3.63) is 77.0 Å². The molecule has 0 bridgehead atoms. The summed E-state index contributed by atoms with van der Waals surface area (Å²) in [5, 5.41) is 7.12. The summed E-state index contributed by atoms with van der Waals surface area (Å²) < 4.78 is 15.0. The number of nitrogens with one attached hydrogen (secondary N) is 1. The second-order valence-corrected chi connectivity index (χ2v) is 5.61. The van der Waals surface area contributed by atoms with Crippen molar-refractivity contribution in [1.29, 1.82) is 0 Å². The number of nitrogens with zero attached hydrogens (tertiary/aromatic N) is 3. The molecule has 0 fully saturated rings. The zero-order valence-electron chi connectivity index (χ0n) is 13.5. The Kier molecular flexibility index (Phi) is 4.37. The Morgan fingerprint density at radius 2 is 2.04 bits per heavy atom. The molecule has 2 heterocycles. The van der Waals surface area contributed by atoms with E-state index >= 15 is 0 Å². The third-order valence-corrected chi connectivity index (χ3v) is 3.65. The molecule has 2 aromatic heterocycles. The van der Waals surface area contributed by atoms with Crippen LogP contribution in [-0.4, -0.2) is 20.7 Å². The van der Waals surface area contributed by atoms with Gasteiger partial charge in [-0.1, -0.05) is 12.1 Å². The van der Waals surface area contributed by atoms with E-state index < -0.39 is 0 Å². The van der Waals surface area contributed by atoms with Crippen LogP contribution >= 0.6 is 0 Å². The molecule has 0 aliphatic heterocycles. The van der Waals surface area contributed by atoms with E-state index in [1.54, 1.807) is 29.1 Å². The number of pyridine rings is 1. The second-order valence-electron chi connectivity index (χ2n) is 5.61. The monoisotopic (exact) mass is 324 g/mol. The average Bonchev–Trinajstić information content (AvgIpc) is 2.88. The van der Waals surface area contributed by atoms with Crippen molar-refractivity contribution >= 4 is 11.7 Å². The standard InChI is InChI=1S/C18H17FN4O/c1-12-9-21-23(11-14-4-3-5-16(19)8-14)17(12)22-18(24)15-7-6-13(2)20-10-15/h3-10H,11H2,1-2H3,(H,22,24). The molecule has 122 valence electrons. The van der Waals surface area contributed by atoms with Gasteiger partial charge in [-0.2, -0.15) is 5.10 Å². The summed E-state index contributed by atoms with van der Waals surface area (Å²) in [6, 6.07) is 9.82. The predicted molar refractivity (Wildman–Crippen MR) is 89.4 cm³/mol. The number of hydrogen-bond acceptors (Lipinski definition) is 3. The molecular weight excluding hydrogens is 307 g/mol. The first-order valence-electron chi connectivity index (χ1n) is 7.54. The van der Waals surface area contributed by atoms with E-state index in [0.717, 1.165) is 16.8 Å². The van der Waals surface area contributed by atoms with Gasteiger partial charge in [-0.05, 0) is 43.7 Å². The highest BCUT2D eigenvalue weighted by Crippen LogP contribution is 2.17. The van der Waals surface area contributed by atoms with Gasteiger partial charge in [0, 0.05) is 17.5 Å². The van der Waals surface area contributed by atoms with Crippen molar-refractivity contribution in [2.24, 2.45) is 0 Å². The molecule has 1 amide bonds. The molecule has 1 N–H and O–H groups in total.